The van der Waals surface area contributed by atoms with Crippen LogP contribution in [0.15, 0.2) is 53.6 Å². The predicted octanol–water partition coefficient (Wildman–Crippen LogP) is 0.249. The Bertz CT molecular complexity index is 581. The second-order valence-corrected chi connectivity index (χ2v) is 4.62. The SMILES string of the molecule is CC(O)(COc1ccccn1)Cn1ccccc1=O.O. The maximum absolute atomic E-state index is 11.6. The van der Waals surface area contributed by atoms with Gasteiger partial charge in [0, 0.05) is 24.5 Å². The van der Waals surface area contributed by atoms with E-state index in [-0.39, 0.29) is 24.2 Å². The van der Waals surface area contributed by atoms with Crippen molar-refractivity contribution in [3.05, 3.63) is 59.1 Å². The molecule has 2 rings (SSSR count). The van der Waals surface area contributed by atoms with Gasteiger partial charge in [0.2, 0.25) is 5.88 Å². The molecule has 20 heavy (non-hydrogen) atoms. The van der Waals surface area contributed by atoms with Gasteiger partial charge in [-0.2, -0.15) is 0 Å². The molecule has 2 aromatic rings. The lowest BCUT2D eigenvalue weighted by molar-refractivity contribution is -0.00493. The minimum absolute atomic E-state index is 0. The monoisotopic (exact) mass is 278 g/mol. The fourth-order valence-corrected chi connectivity index (χ4v) is 1.67. The number of nitrogens with zero attached hydrogens (tertiary/aromatic N) is 2. The highest BCUT2D eigenvalue weighted by Crippen LogP contribution is 2.10. The highest BCUT2D eigenvalue weighted by atomic mass is 16.5. The van der Waals surface area contributed by atoms with Gasteiger partial charge in [0.25, 0.3) is 5.56 Å². The molecule has 108 valence electrons. The van der Waals surface area contributed by atoms with Crippen molar-refractivity contribution in [1.29, 1.82) is 0 Å². The summed E-state index contributed by atoms with van der Waals surface area (Å²) < 4.78 is 6.85. The van der Waals surface area contributed by atoms with E-state index in [4.69, 9.17) is 4.74 Å². The highest BCUT2D eigenvalue weighted by Gasteiger charge is 2.22. The maximum Gasteiger partial charge on any atom is 0.250 e. The van der Waals surface area contributed by atoms with Crippen LogP contribution < -0.4 is 10.3 Å². The minimum Gasteiger partial charge on any atom is -0.475 e. The zero-order chi connectivity index (χ0) is 13.7. The topological polar surface area (TPSA) is 95.8 Å². The number of hydrogen-bond donors (Lipinski definition) is 1. The van der Waals surface area contributed by atoms with Crippen LogP contribution in [0.3, 0.4) is 0 Å². The first-order valence-electron chi connectivity index (χ1n) is 5.98. The van der Waals surface area contributed by atoms with Gasteiger partial charge in [-0.3, -0.25) is 4.79 Å². The third-order valence-corrected chi connectivity index (χ3v) is 2.58. The summed E-state index contributed by atoms with van der Waals surface area (Å²) in [4.78, 5) is 15.6. The number of ether oxygens (including phenoxy) is 1. The van der Waals surface area contributed by atoms with Crippen molar-refractivity contribution < 1.29 is 15.3 Å². The molecule has 1 unspecified atom stereocenters. The maximum atomic E-state index is 11.6. The lowest BCUT2D eigenvalue weighted by Gasteiger charge is -2.23. The van der Waals surface area contributed by atoms with Gasteiger partial charge >= 0.3 is 0 Å². The molecule has 0 bridgehead atoms. The fraction of sp³-hybridized carbons (Fsp3) is 0.286. The summed E-state index contributed by atoms with van der Waals surface area (Å²) in [6, 6.07) is 10.2. The van der Waals surface area contributed by atoms with E-state index >= 15 is 0 Å². The van der Waals surface area contributed by atoms with E-state index in [0.29, 0.717) is 5.88 Å². The molecule has 0 saturated carbocycles. The average molecular weight is 278 g/mol. The van der Waals surface area contributed by atoms with Crippen molar-refractivity contribution in [1.82, 2.24) is 9.55 Å². The predicted molar refractivity (Wildman–Crippen MR) is 74.7 cm³/mol. The molecule has 6 heteroatoms. The smallest absolute Gasteiger partial charge is 0.250 e. The molecule has 0 spiro atoms. The van der Waals surface area contributed by atoms with Crippen molar-refractivity contribution in [2.75, 3.05) is 6.61 Å². The van der Waals surface area contributed by atoms with Crippen molar-refractivity contribution >= 4 is 0 Å². The van der Waals surface area contributed by atoms with Gasteiger partial charge in [0.1, 0.15) is 12.2 Å². The molecule has 0 aliphatic rings. The minimum atomic E-state index is -1.15. The van der Waals surface area contributed by atoms with Gasteiger partial charge in [-0.05, 0) is 19.1 Å². The zero-order valence-electron chi connectivity index (χ0n) is 11.2. The second kappa shape index (κ2) is 6.83. The van der Waals surface area contributed by atoms with Crippen LogP contribution in [0.5, 0.6) is 5.88 Å². The molecule has 2 aromatic heterocycles. The molecular formula is C14H18N2O4. The van der Waals surface area contributed by atoms with E-state index in [2.05, 4.69) is 4.98 Å². The molecule has 0 aliphatic heterocycles. The normalized spacial score (nSPS) is 13.1. The first kappa shape index (κ1) is 15.9. The first-order valence-corrected chi connectivity index (χ1v) is 5.98. The lowest BCUT2D eigenvalue weighted by atomic mass is 10.1. The largest absolute Gasteiger partial charge is 0.475 e. The Kier molecular flexibility index (Phi) is 5.42. The Morgan fingerprint density at radius 3 is 2.70 bits per heavy atom. The van der Waals surface area contributed by atoms with Gasteiger partial charge in [-0.1, -0.05) is 12.1 Å². The van der Waals surface area contributed by atoms with Crippen LogP contribution in [-0.4, -0.2) is 32.3 Å². The van der Waals surface area contributed by atoms with E-state index in [1.165, 1.54) is 10.6 Å². The van der Waals surface area contributed by atoms with Crippen LogP contribution in [0, 0.1) is 0 Å². The summed E-state index contributed by atoms with van der Waals surface area (Å²) in [6.45, 7) is 1.85. The van der Waals surface area contributed by atoms with E-state index in [1.54, 1.807) is 49.6 Å². The number of aliphatic hydroxyl groups is 1. The standard InChI is InChI=1S/C14H16N2O3.H2O/c1-14(18,10-16-9-5-3-7-13(16)17)11-19-12-6-2-4-8-15-12;/h2-9,18H,10-11H2,1H3;1H2. The molecule has 0 aliphatic carbocycles. The van der Waals surface area contributed by atoms with Crippen LogP contribution in [0.2, 0.25) is 0 Å². The molecule has 3 N–H and O–H groups in total. The number of aromatic nitrogens is 2. The summed E-state index contributed by atoms with van der Waals surface area (Å²) in [5, 5.41) is 10.2. The average Bonchev–Trinajstić information content (AvgIpc) is 2.40. The summed E-state index contributed by atoms with van der Waals surface area (Å²) in [5.74, 6) is 0.447. The molecule has 0 amide bonds. The van der Waals surface area contributed by atoms with Gasteiger partial charge in [-0.25, -0.2) is 4.98 Å². The van der Waals surface area contributed by atoms with E-state index < -0.39 is 5.60 Å². The van der Waals surface area contributed by atoms with Gasteiger partial charge in [0.05, 0.1) is 6.54 Å². The van der Waals surface area contributed by atoms with E-state index in [0.717, 1.165) is 0 Å². The Balaban J connectivity index is 0.00000200. The quantitative estimate of drug-likeness (QED) is 0.847. The van der Waals surface area contributed by atoms with Crippen molar-refractivity contribution in [3.8, 4) is 5.88 Å². The number of rotatable bonds is 5. The Labute approximate surface area is 116 Å². The molecular weight excluding hydrogens is 260 g/mol. The highest BCUT2D eigenvalue weighted by molar-refractivity contribution is 5.09. The van der Waals surface area contributed by atoms with Gasteiger partial charge < -0.3 is 19.9 Å². The van der Waals surface area contributed by atoms with Crippen molar-refractivity contribution in [2.45, 2.75) is 19.1 Å². The third-order valence-electron chi connectivity index (χ3n) is 2.58. The molecule has 2 heterocycles. The van der Waals surface area contributed by atoms with E-state index in [9.17, 15) is 9.90 Å². The van der Waals surface area contributed by atoms with E-state index in [1.807, 2.05) is 0 Å². The molecule has 0 aromatic carbocycles. The van der Waals surface area contributed by atoms with Crippen LogP contribution >= 0.6 is 0 Å². The Morgan fingerprint density at radius 1 is 1.30 bits per heavy atom. The summed E-state index contributed by atoms with van der Waals surface area (Å²) in [7, 11) is 0. The number of pyridine rings is 2. The summed E-state index contributed by atoms with van der Waals surface area (Å²) >= 11 is 0. The number of hydrogen-bond acceptors (Lipinski definition) is 4. The molecule has 1 atom stereocenters. The van der Waals surface area contributed by atoms with Crippen molar-refractivity contribution in [2.24, 2.45) is 0 Å². The molecule has 0 saturated heterocycles. The third kappa shape index (κ3) is 4.49. The first-order chi connectivity index (χ1) is 9.07. The molecule has 0 radical (unpaired) electrons. The van der Waals surface area contributed by atoms with Crippen LogP contribution in [0.4, 0.5) is 0 Å². The van der Waals surface area contributed by atoms with Crippen LogP contribution in [-0.2, 0) is 6.54 Å². The molecule has 0 fully saturated rings. The fourth-order valence-electron chi connectivity index (χ4n) is 1.67. The second-order valence-electron chi connectivity index (χ2n) is 4.62. The van der Waals surface area contributed by atoms with Gasteiger partial charge in [0.15, 0.2) is 0 Å². The molecule has 6 nitrogen and oxygen atoms in total. The van der Waals surface area contributed by atoms with Crippen molar-refractivity contribution in [3.63, 3.8) is 0 Å². The summed E-state index contributed by atoms with van der Waals surface area (Å²) in [5.41, 5.74) is -1.30. The lowest BCUT2D eigenvalue weighted by Crippen LogP contribution is -2.40. The Morgan fingerprint density at radius 2 is 2.05 bits per heavy atom. The van der Waals surface area contributed by atoms with Crippen LogP contribution in [0.25, 0.3) is 0 Å². The summed E-state index contributed by atoms with van der Waals surface area (Å²) in [6.07, 6.45) is 3.25. The van der Waals surface area contributed by atoms with Crippen LogP contribution in [0.1, 0.15) is 6.92 Å². The zero-order valence-corrected chi connectivity index (χ0v) is 11.2. The van der Waals surface area contributed by atoms with Gasteiger partial charge in [-0.15, -0.1) is 0 Å². The Hall–Kier alpha value is -2.18.